The molecule has 0 aliphatic heterocycles. The third kappa shape index (κ3) is 2.46. The molecule has 6 nitrogen and oxygen atoms in total. The first kappa shape index (κ1) is 12.6. The lowest BCUT2D eigenvalue weighted by Gasteiger charge is -2.18. The van der Waals surface area contributed by atoms with Crippen LogP contribution in [0.15, 0.2) is 41.3 Å². The molecule has 0 unspecified atom stereocenters. The topological polar surface area (TPSA) is 81.1 Å². The van der Waals surface area contributed by atoms with Gasteiger partial charge in [0.25, 0.3) is 0 Å². The quantitative estimate of drug-likeness (QED) is 0.776. The van der Waals surface area contributed by atoms with Crippen LogP contribution in [0.1, 0.15) is 11.4 Å². The number of hydrogen-bond donors (Lipinski definition) is 1. The largest absolute Gasteiger partial charge is 0.443 e. The molecule has 0 spiro atoms. The number of fused-ring (bicyclic) bond motifs is 1. The summed E-state index contributed by atoms with van der Waals surface area (Å²) in [5.74, 6) is 1.48. The Bertz CT molecular complexity index is 724. The summed E-state index contributed by atoms with van der Waals surface area (Å²) >= 11 is 0. The first-order chi connectivity index (χ1) is 9.76. The van der Waals surface area contributed by atoms with Crippen molar-refractivity contribution in [2.75, 3.05) is 11.9 Å². The number of anilines is 1. The Morgan fingerprint density at radius 2 is 2.15 bits per heavy atom. The highest BCUT2D eigenvalue weighted by atomic mass is 16.3. The fourth-order valence-corrected chi connectivity index (χ4v) is 2.05. The molecule has 0 aliphatic rings. The van der Waals surface area contributed by atoms with E-state index in [1.807, 2.05) is 36.2 Å². The van der Waals surface area contributed by atoms with Gasteiger partial charge in [-0.05, 0) is 23.8 Å². The van der Waals surface area contributed by atoms with E-state index in [1.165, 1.54) is 6.39 Å². The smallest absolute Gasteiger partial charge is 0.181 e. The minimum atomic E-state index is 0.339. The van der Waals surface area contributed by atoms with Crippen LogP contribution in [0, 0.1) is 0 Å². The fraction of sp³-hybridized carbons (Fsp3) is 0.214. The standard InChI is InChI=1S/C14H15N5O/c1-19(14-4-5-16-13(7-15)18-14)8-10-2-3-11-12(6-10)20-9-17-11/h2-6,9H,7-8,15H2,1H3. The number of oxazole rings is 1. The first-order valence-electron chi connectivity index (χ1n) is 6.31. The molecule has 6 heteroatoms. The van der Waals surface area contributed by atoms with Crippen LogP contribution in [-0.2, 0) is 13.1 Å². The molecule has 0 saturated carbocycles. The van der Waals surface area contributed by atoms with Crippen LogP contribution < -0.4 is 10.6 Å². The third-order valence-corrected chi connectivity index (χ3v) is 3.08. The highest BCUT2D eigenvalue weighted by Gasteiger charge is 2.07. The molecule has 0 saturated heterocycles. The van der Waals surface area contributed by atoms with E-state index in [9.17, 15) is 0 Å². The molecule has 0 radical (unpaired) electrons. The van der Waals surface area contributed by atoms with Crippen molar-refractivity contribution in [2.45, 2.75) is 13.1 Å². The van der Waals surface area contributed by atoms with Gasteiger partial charge in [-0.1, -0.05) is 6.07 Å². The Hall–Kier alpha value is -2.47. The molecule has 1 aromatic carbocycles. The number of nitrogens with zero attached hydrogens (tertiary/aromatic N) is 4. The average Bonchev–Trinajstić information content (AvgIpc) is 2.95. The predicted octanol–water partition coefficient (Wildman–Crippen LogP) is 1.71. The van der Waals surface area contributed by atoms with E-state index < -0.39 is 0 Å². The second-order valence-electron chi connectivity index (χ2n) is 4.55. The summed E-state index contributed by atoms with van der Waals surface area (Å²) in [6.07, 6.45) is 3.18. The molecular formula is C14H15N5O. The summed E-state index contributed by atoms with van der Waals surface area (Å²) in [7, 11) is 1.98. The second-order valence-corrected chi connectivity index (χ2v) is 4.55. The van der Waals surface area contributed by atoms with Crippen LogP contribution in [0.2, 0.25) is 0 Å². The zero-order chi connectivity index (χ0) is 13.9. The summed E-state index contributed by atoms with van der Waals surface area (Å²) < 4.78 is 5.31. The molecular weight excluding hydrogens is 254 g/mol. The molecule has 0 amide bonds. The Morgan fingerprint density at radius 1 is 1.25 bits per heavy atom. The van der Waals surface area contributed by atoms with Gasteiger partial charge in [-0.15, -0.1) is 0 Å². The summed E-state index contributed by atoms with van der Waals surface area (Å²) in [6.45, 7) is 1.06. The average molecular weight is 269 g/mol. The highest BCUT2D eigenvalue weighted by Crippen LogP contribution is 2.17. The van der Waals surface area contributed by atoms with E-state index in [0.717, 1.165) is 29.0 Å². The summed E-state index contributed by atoms with van der Waals surface area (Å²) in [5.41, 5.74) is 8.35. The normalized spacial score (nSPS) is 10.9. The summed E-state index contributed by atoms with van der Waals surface area (Å²) in [4.78, 5) is 14.6. The van der Waals surface area contributed by atoms with Gasteiger partial charge in [0.05, 0.1) is 6.54 Å². The van der Waals surface area contributed by atoms with Crippen LogP contribution in [-0.4, -0.2) is 22.0 Å². The van der Waals surface area contributed by atoms with E-state index in [-0.39, 0.29) is 0 Å². The highest BCUT2D eigenvalue weighted by molar-refractivity contribution is 5.72. The SMILES string of the molecule is CN(Cc1ccc2ncoc2c1)c1ccnc(CN)n1. The Kier molecular flexibility index (Phi) is 3.30. The maximum absolute atomic E-state index is 5.56. The van der Waals surface area contributed by atoms with Crippen molar-refractivity contribution < 1.29 is 4.42 Å². The van der Waals surface area contributed by atoms with Gasteiger partial charge in [-0.2, -0.15) is 0 Å². The monoisotopic (exact) mass is 269 g/mol. The van der Waals surface area contributed by atoms with E-state index in [1.54, 1.807) is 6.20 Å². The number of rotatable bonds is 4. The number of aromatic nitrogens is 3. The maximum atomic E-state index is 5.56. The minimum absolute atomic E-state index is 0.339. The maximum Gasteiger partial charge on any atom is 0.181 e. The van der Waals surface area contributed by atoms with Crippen LogP contribution >= 0.6 is 0 Å². The molecule has 2 N–H and O–H groups in total. The van der Waals surface area contributed by atoms with E-state index in [0.29, 0.717) is 12.4 Å². The Balaban J connectivity index is 1.81. The lowest BCUT2D eigenvalue weighted by molar-refractivity contribution is 0.601. The molecule has 20 heavy (non-hydrogen) atoms. The van der Waals surface area contributed by atoms with E-state index in [4.69, 9.17) is 10.2 Å². The minimum Gasteiger partial charge on any atom is -0.443 e. The Labute approximate surface area is 116 Å². The van der Waals surface area contributed by atoms with Crippen molar-refractivity contribution >= 4 is 16.9 Å². The molecule has 0 fully saturated rings. The zero-order valence-corrected chi connectivity index (χ0v) is 11.2. The van der Waals surface area contributed by atoms with E-state index >= 15 is 0 Å². The Morgan fingerprint density at radius 3 is 3.00 bits per heavy atom. The van der Waals surface area contributed by atoms with Crippen LogP contribution in [0.25, 0.3) is 11.1 Å². The molecule has 2 heterocycles. The number of benzene rings is 1. The zero-order valence-electron chi connectivity index (χ0n) is 11.2. The van der Waals surface area contributed by atoms with Crippen LogP contribution in [0.5, 0.6) is 0 Å². The van der Waals surface area contributed by atoms with Crippen molar-refractivity contribution in [1.29, 1.82) is 0 Å². The molecule has 2 aromatic heterocycles. The predicted molar refractivity (Wildman–Crippen MR) is 76.0 cm³/mol. The van der Waals surface area contributed by atoms with Crippen LogP contribution in [0.3, 0.4) is 0 Å². The van der Waals surface area contributed by atoms with Crippen molar-refractivity contribution in [2.24, 2.45) is 5.73 Å². The molecule has 0 aliphatic carbocycles. The third-order valence-electron chi connectivity index (χ3n) is 3.08. The summed E-state index contributed by atoms with van der Waals surface area (Å²) in [5, 5.41) is 0. The number of nitrogens with two attached hydrogens (primary N) is 1. The van der Waals surface area contributed by atoms with E-state index in [2.05, 4.69) is 15.0 Å². The molecule has 0 bridgehead atoms. The molecule has 102 valence electrons. The van der Waals surface area contributed by atoms with Crippen molar-refractivity contribution in [3.05, 3.63) is 48.2 Å². The summed E-state index contributed by atoms with van der Waals surface area (Å²) in [6, 6.07) is 7.84. The van der Waals surface area contributed by atoms with Gasteiger partial charge in [-0.3, -0.25) is 0 Å². The van der Waals surface area contributed by atoms with Crippen molar-refractivity contribution in [3.63, 3.8) is 0 Å². The lowest BCUT2D eigenvalue weighted by atomic mass is 10.2. The van der Waals surface area contributed by atoms with Gasteiger partial charge in [-0.25, -0.2) is 15.0 Å². The number of hydrogen-bond acceptors (Lipinski definition) is 6. The fourth-order valence-electron chi connectivity index (χ4n) is 2.05. The van der Waals surface area contributed by atoms with Crippen LogP contribution in [0.4, 0.5) is 5.82 Å². The van der Waals surface area contributed by atoms with Gasteiger partial charge >= 0.3 is 0 Å². The van der Waals surface area contributed by atoms with Gasteiger partial charge in [0, 0.05) is 19.8 Å². The van der Waals surface area contributed by atoms with Gasteiger partial charge in [0.15, 0.2) is 12.0 Å². The van der Waals surface area contributed by atoms with Gasteiger partial charge in [0.2, 0.25) is 0 Å². The van der Waals surface area contributed by atoms with Gasteiger partial charge in [0.1, 0.15) is 17.2 Å². The second kappa shape index (κ2) is 5.26. The van der Waals surface area contributed by atoms with Crippen molar-refractivity contribution in [1.82, 2.24) is 15.0 Å². The first-order valence-corrected chi connectivity index (χ1v) is 6.31. The van der Waals surface area contributed by atoms with Gasteiger partial charge < -0.3 is 15.1 Å². The van der Waals surface area contributed by atoms with Crippen molar-refractivity contribution in [3.8, 4) is 0 Å². The molecule has 3 aromatic rings. The molecule has 3 rings (SSSR count). The lowest BCUT2D eigenvalue weighted by Crippen LogP contribution is -2.19. The molecule has 0 atom stereocenters.